The summed E-state index contributed by atoms with van der Waals surface area (Å²) in [5.41, 5.74) is 9.59. The van der Waals surface area contributed by atoms with Crippen molar-refractivity contribution in [1.29, 1.82) is 0 Å². The van der Waals surface area contributed by atoms with Crippen LogP contribution in [0, 0.1) is 0 Å². The molecule has 0 unspecified atom stereocenters. The molecule has 2 saturated heterocycles. The Morgan fingerprint density at radius 2 is 1.50 bits per heavy atom. The van der Waals surface area contributed by atoms with Gasteiger partial charge in [-0.2, -0.15) is 0 Å². The maximum absolute atomic E-state index is 11.1. The molecule has 0 spiro atoms. The molecule has 34 heavy (non-hydrogen) atoms. The van der Waals surface area contributed by atoms with Crippen LogP contribution < -0.4 is 16.8 Å². The van der Waals surface area contributed by atoms with Crippen LogP contribution in [0.4, 0.5) is 0 Å². The Kier molecular flexibility index (Phi) is 8.88. The first kappa shape index (κ1) is 28.0. The lowest BCUT2D eigenvalue weighted by atomic mass is 9.82. The van der Waals surface area contributed by atoms with Crippen LogP contribution in [0.2, 0.25) is 0 Å². The Hall–Kier alpha value is -0.600. The van der Waals surface area contributed by atoms with Gasteiger partial charge in [0, 0.05) is 0 Å². The highest BCUT2D eigenvalue weighted by atomic mass is 16.8. The fourth-order valence-electron chi connectivity index (χ4n) is 4.64. The molecule has 0 aromatic heterocycles. The van der Waals surface area contributed by atoms with Gasteiger partial charge >= 0.3 is 0 Å². The molecule has 0 bridgehead atoms. The summed E-state index contributed by atoms with van der Waals surface area (Å²) in [5.74, 6) is 0. The minimum atomic E-state index is -2.06. The Morgan fingerprint density at radius 3 is 2.06 bits per heavy atom. The molecule has 15 heteroatoms. The smallest absolute Gasteiger partial charge is 0.187 e. The monoisotopic (exact) mass is 499 g/mol. The van der Waals surface area contributed by atoms with Crippen LogP contribution in [0.25, 0.3) is 0 Å². The van der Waals surface area contributed by atoms with E-state index in [0.29, 0.717) is 0 Å². The molecule has 1 saturated carbocycles. The average molecular weight is 500 g/mol. The van der Waals surface area contributed by atoms with Crippen molar-refractivity contribution in [2.75, 3.05) is 20.3 Å². The average Bonchev–Trinajstić information content (AvgIpc) is 3.06. The third kappa shape index (κ3) is 4.72. The van der Waals surface area contributed by atoms with Gasteiger partial charge in [-0.25, -0.2) is 0 Å². The highest BCUT2D eigenvalue weighted by Gasteiger charge is 2.59. The summed E-state index contributed by atoms with van der Waals surface area (Å²) in [6.45, 7) is -0.0612. The first-order chi connectivity index (χ1) is 15.9. The fraction of sp³-hybridized carbons (Fsp3) is 1.00. The number of hydrogen-bond donors (Lipinski definition) is 11. The van der Waals surface area contributed by atoms with Crippen LogP contribution in [-0.2, 0) is 18.9 Å². The zero-order valence-corrected chi connectivity index (χ0v) is 18.9. The summed E-state index contributed by atoms with van der Waals surface area (Å²) in [5, 5.41) is 84.6. The molecule has 3 rings (SSSR count). The summed E-state index contributed by atoms with van der Waals surface area (Å²) in [7, 11) is 1.46. The van der Waals surface area contributed by atoms with Crippen molar-refractivity contribution in [3.63, 3.8) is 0 Å². The summed E-state index contributed by atoms with van der Waals surface area (Å²) in [6.07, 6.45) is -15.5. The lowest BCUT2D eigenvalue weighted by Gasteiger charge is -2.46. The lowest BCUT2D eigenvalue weighted by molar-refractivity contribution is -0.317. The molecule has 3 fully saturated rings. The van der Waals surface area contributed by atoms with E-state index in [1.807, 2.05) is 0 Å². The largest absolute Gasteiger partial charge is 0.394 e. The number of aliphatic hydroxyl groups is 8. The third-order valence-electron chi connectivity index (χ3n) is 7.07. The molecule has 2 heterocycles. The summed E-state index contributed by atoms with van der Waals surface area (Å²) in [4.78, 5) is 0. The van der Waals surface area contributed by atoms with Crippen LogP contribution in [0.3, 0.4) is 0 Å². The topological polar surface area (TPSA) is 263 Å². The van der Waals surface area contributed by atoms with E-state index < -0.39 is 104 Å². The molecule has 0 aromatic rings. The Labute approximate surface area is 195 Å². The van der Waals surface area contributed by atoms with Crippen LogP contribution in [0.5, 0.6) is 0 Å². The van der Waals surface area contributed by atoms with E-state index >= 15 is 0 Å². The van der Waals surface area contributed by atoms with Gasteiger partial charge in [0.2, 0.25) is 0 Å². The quantitative estimate of drug-likeness (QED) is 0.155. The van der Waals surface area contributed by atoms with Crippen molar-refractivity contribution < 1.29 is 59.8 Å². The second kappa shape index (κ2) is 10.8. The minimum Gasteiger partial charge on any atom is -0.394 e. The molecule has 3 aliphatic rings. The number of ether oxygens (including phenoxy) is 4. The van der Waals surface area contributed by atoms with Crippen molar-refractivity contribution in [3.05, 3.63) is 0 Å². The van der Waals surface area contributed by atoms with E-state index in [1.165, 1.54) is 14.0 Å². The maximum atomic E-state index is 11.1. The molecule has 0 radical (unpaired) electrons. The van der Waals surface area contributed by atoms with E-state index in [9.17, 15) is 40.9 Å². The highest BCUT2D eigenvalue weighted by molar-refractivity contribution is 5.06. The number of nitrogens with two attached hydrogens (primary N) is 2. The molecule has 15 nitrogen and oxygen atoms in total. The van der Waals surface area contributed by atoms with Gasteiger partial charge in [0.05, 0.1) is 43.5 Å². The number of nitrogens with one attached hydrogen (secondary N) is 1. The van der Waals surface area contributed by atoms with Crippen LogP contribution in [0.1, 0.15) is 6.92 Å². The van der Waals surface area contributed by atoms with Gasteiger partial charge in [-0.3, -0.25) is 0 Å². The molecule has 0 amide bonds. The van der Waals surface area contributed by atoms with E-state index in [2.05, 4.69) is 5.32 Å². The van der Waals surface area contributed by atoms with Crippen molar-refractivity contribution in [2.45, 2.75) is 98.2 Å². The van der Waals surface area contributed by atoms with Gasteiger partial charge in [-0.15, -0.1) is 0 Å². The first-order valence-electron chi connectivity index (χ1n) is 11.1. The van der Waals surface area contributed by atoms with Crippen LogP contribution in [-0.4, -0.2) is 152 Å². The van der Waals surface area contributed by atoms with Crippen molar-refractivity contribution >= 4 is 0 Å². The number of likely N-dealkylation sites (N-methyl/N-ethyl adjacent to an activating group) is 1. The maximum Gasteiger partial charge on any atom is 0.187 e. The van der Waals surface area contributed by atoms with Crippen LogP contribution >= 0.6 is 0 Å². The summed E-state index contributed by atoms with van der Waals surface area (Å²) >= 11 is 0. The number of aliphatic hydroxyl groups excluding tert-OH is 7. The second-order valence-corrected chi connectivity index (χ2v) is 9.10. The predicted octanol–water partition coefficient (Wildman–Crippen LogP) is -7.00. The van der Waals surface area contributed by atoms with E-state index in [1.54, 1.807) is 0 Å². The first-order valence-corrected chi connectivity index (χ1v) is 11.1. The minimum absolute atomic E-state index is 0.643. The van der Waals surface area contributed by atoms with Crippen molar-refractivity contribution in [2.24, 2.45) is 11.5 Å². The van der Waals surface area contributed by atoms with Crippen LogP contribution in [0.15, 0.2) is 0 Å². The lowest BCUT2D eigenvalue weighted by Crippen LogP contribution is -2.70. The van der Waals surface area contributed by atoms with E-state index in [-0.39, 0.29) is 0 Å². The summed E-state index contributed by atoms with van der Waals surface area (Å²) in [6, 6.07) is -3.51. The standard InChI is InChI=1S/C19H37N3O12/c1-5-19(30,4-24)16(34-17-9(22-2)13(28)10(25)6(3-23)32-17)18(31-5)33-15-8(21)11(26)7(20)12(27)14(15)29/h5-18,22-30H,3-4,20-21H2,1-2H3/t5-,6-,7+,8-,9-,10-,11+,12-,13-,14+,15+,16-,17-,18-,19+/m0/s1. The van der Waals surface area contributed by atoms with Gasteiger partial charge in [0.1, 0.15) is 48.3 Å². The fourth-order valence-corrected chi connectivity index (χ4v) is 4.64. The Morgan fingerprint density at radius 1 is 0.853 bits per heavy atom. The molecule has 0 aromatic carbocycles. The predicted molar refractivity (Wildman–Crippen MR) is 111 cm³/mol. The zero-order chi connectivity index (χ0) is 25.5. The van der Waals surface area contributed by atoms with Gasteiger partial charge in [-0.05, 0) is 14.0 Å². The van der Waals surface area contributed by atoms with Gasteiger partial charge in [0.15, 0.2) is 12.6 Å². The molecular weight excluding hydrogens is 462 g/mol. The van der Waals surface area contributed by atoms with E-state index in [4.69, 9.17) is 30.4 Å². The van der Waals surface area contributed by atoms with E-state index in [0.717, 1.165) is 0 Å². The van der Waals surface area contributed by atoms with Gasteiger partial charge < -0.3 is 76.6 Å². The Bertz CT molecular complexity index is 664. The molecule has 15 atom stereocenters. The highest BCUT2D eigenvalue weighted by Crippen LogP contribution is 2.38. The van der Waals surface area contributed by atoms with Gasteiger partial charge in [0.25, 0.3) is 0 Å². The Balaban J connectivity index is 1.86. The SMILES string of the molecule is CN[C@@H]1[C@H](O[C@H]2[C@H](O[C@@H]3[C@@H](N)[C@H](O)[C@@H](N)[C@H](O)[C@H]3O)O[C@@H](C)[C@]2(O)CO)O[C@@H](CO)[C@H](O)[C@H]1O. The number of hydrogen-bond acceptors (Lipinski definition) is 15. The molecule has 1 aliphatic carbocycles. The molecule has 200 valence electrons. The van der Waals surface area contributed by atoms with Gasteiger partial charge in [-0.1, -0.05) is 0 Å². The normalized spacial score (nSPS) is 54.4. The second-order valence-electron chi connectivity index (χ2n) is 9.10. The molecule has 13 N–H and O–H groups in total. The zero-order valence-electron chi connectivity index (χ0n) is 18.9. The number of rotatable bonds is 7. The van der Waals surface area contributed by atoms with Crippen molar-refractivity contribution in [1.82, 2.24) is 5.32 Å². The van der Waals surface area contributed by atoms with Crippen molar-refractivity contribution in [3.8, 4) is 0 Å². The molecular formula is C19H37N3O12. The summed E-state index contributed by atoms with van der Waals surface area (Å²) < 4.78 is 22.8. The third-order valence-corrected chi connectivity index (χ3v) is 7.07. The molecule has 2 aliphatic heterocycles.